The summed E-state index contributed by atoms with van der Waals surface area (Å²) in [6.45, 7) is 2.59. The molecule has 1 saturated heterocycles. The van der Waals surface area contributed by atoms with E-state index >= 15 is 0 Å². The molecule has 0 spiro atoms. The van der Waals surface area contributed by atoms with E-state index in [1.54, 1.807) is 12.1 Å². The Morgan fingerprint density at radius 3 is 2.55 bits per heavy atom. The molecule has 3 rings (SSSR count). The second-order valence-electron chi connectivity index (χ2n) is 6.99. The van der Waals surface area contributed by atoms with Crippen LogP contribution in [0.15, 0.2) is 24.3 Å². The van der Waals surface area contributed by atoms with E-state index in [4.69, 9.17) is 0 Å². The molecule has 0 radical (unpaired) electrons. The lowest BCUT2D eigenvalue weighted by atomic mass is 9.83. The van der Waals surface area contributed by atoms with E-state index in [0.29, 0.717) is 12.1 Å². The van der Waals surface area contributed by atoms with Gasteiger partial charge in [-0.05, 0) is 51.0 Å². The van der Waals surface area contributed by atoms with Crippen molar-refractivity contribution in [1.82, 2.24) is 5.32 Å². The minimum absolute atomic E-state index is 0.0522. The highest BCUT2D eigenvalue weighted by Crippen LogP contribution is 2.34. The highest BCUT2D eigenvalue weighted by molar-refractivity contribution is 5.51. The van der Waals surface area contributed by atoms with Crippen molar-refractivity contribution in [3.63, 3.8) is 0 Å². The summed E-state index contributed by atoms with van der Waals surface area (Å²) in [5.41, 5.74) is 1.14. The fraction of sp³-hybridized carbons (Fsp3) is 0.647. The van der Waals surface area contributed by atoms with Crippen LogP contribution >= 0.6 is 0 Å². The van der Waals surface area contributed by atoms with Gasteiger partial charge in [-0.3, -0.25) is 0 Å². The Morgan fingerprint density at radius 2 is 1.86 bits per heavy atom. The van der Waals surface area contributed by atoms with Crippen LogP contribution in [-0.4, -0.2) is 30.8 Å². The largest absolute Gasteiger partial charge is 0.435 e. The lowest BCUT2D eigenvalue weighted by Crippen LogP contribution is -2.67. The standard InChI is InChI=1S/C17H24F2N2O/c1-17(2)11-21(15-6-4-3-5-14(15)20-17)12-7-9-13(10-8-12)22-16(18)19/h7-10,14-16,20H,3-6,11H2,1-2H3/t14-,15-/m0/s1. The molecule has 2 fully saturated rings. The number of anilines is 1. The Bertz CT molecular complexity index is 504. The van der Waals surface area contributed by atoms with Crippen molar-refractivity contribution in [3.8, 4) is 5.75 Å². The molecule has 1 aromatic rings. The van der Waals surface area contributed by atoms with Crippen molar-refractivity contribution >= 4 is 5.69 Å². The van der Waals surface area contributed by atoms with Crippen LogP contribution in [0.2, 0.25) is 0 Å². The lowest BCUT2D eigenvalue weighted by molar-refractivity contribution is -0.0498. The van der Waals surface area contributed by atoms with Gasteiger partial charge in [0.15, 0.2) is 0 Å². The van der Waals surface area contributed by atoms with Gasteiger partial charge in [0.1, 0.15) is 5.75 Å². The zero-order valence-corrected chi connectivity index (χ0v) is 13.2. The molecule has 122 valence electrons. The van der Waals surface area contributed by atoms with E-state index in [9.17, 15) is 8.78 Å². The quantitative estimate of drug-likeness (QED) is 0.919. The van der Waals surface area contributed by atoms with Gasteiger partial charge < -0.3 is 15.0 Å². The second kappa shape index (κ2) is 6.03. The zero-order chi connectivity index (χ0) is 15.7. The van der Waals surface area contributed by atoms with E-state index in [0.717, 1.165) is 12.2 Å². The summed E-state index contributed by atoms with van der Waals surface area (Å²) in [7, 11) is 0. The number of halogens is 2. The Kier molecular flexibility index (Phi) is 4.26. The number of benzene rings is 1. The van der Waals surface area contributed by atoms with Gasteiger partial charge in [-0.25, -0.2) is 0 Å². The first kappa shape index (κ1) is 15.5. The number of rotatable bonds is 3. The fourth-order valence-corrected chi connectivity index (χ4v) is 3.85. The van der Waals surface area contributed by atoms with Crippen LogP contribution in [-0.2, 0) is 0 Å². The molecule has 1 aliphatic heterocycles. The average molecular weight is 310 g/mol. The summed E-state index contributed by atoms with van der Waals surface area (Å²) in [5.74, 6) is 0.216. The van der Waals surface area contributed by atoms with Crippen molar-refractivity contribution in [3.05, 3.63) is 24.3 Å². The third kappa shape index (κ3) is 3.35. The number of nitrogens with zero attached hydrogens (tertiary/aromatic N) is 1. The summed E-state index contributed by atoms with van der Waals surface area (Å²) >= 11 is 0. The number of ether oxygens (including phenoxy) is 1. The minimum atomic E-state index is -2.77. The van der Waals surface area contributed by atoms with Crippen molar-refractivity contribution in [2.45, 2.75) is 63.8 Å². The Hall–Kier alpha value is -1.36. The molecule has 1 saturated carbocycles. The average Bonchev–Trinajstić information content (AvgIpc) is 2.45. The summed E-state index contributed by atoms with van der Waals surface area (Å²) in [4.78, 5) is 2.44. The molecule has 2 atom stereocenters. The maximum absolute atomic E-state index is 12.3. The number of nitrogens with one attached hydrogen (secondary N) is 1. The van der Waals surface area contributed by atoms with Crippen molar-refractivity contribution in [2.75, 3.05) is 11.4 Å². The first-order chi connectivity index (χ1) is 10.4. The topological polar surface area (TPSA) is 24.5 Å². The van der Waals surface area contributed by atoms with E-state index in [1.807, 2.05) is 12.1 Å². The van der Waals surface area contributed by atoms with Gasteiger partial charge in [-0.1, -0.05) is 12.8 Å². The van der Waals surface area contributed by atoms with Crippen LogP contribution < -0.4 is 15.0 Å². The monoisotopic (exact) mass is 310 g/mol. The van der Waals surface area contributed by atoms with E-state index < -0.39 is 6.61 Å². The van der Waals surface area contributed by atoms with Crippen LogP contribution in [0.3, 0.4) is 0 Å². The van der Waals surface area contributed by atoms with Crippen molar-refractivity contribution in [1.29, 1.82) is 0 Å². The predicted molar refractivity (Wildman–Crippen MR) is 83.7 cm³/mol. The summed E-state index contributed by atoms with van der Waals surface area (Å²) in [6, 6.07) is 8.05. The molecule has 3 nitrogen and oxygen atoms in total. The van der Waals surface area contributed by atoms with Crippen LogP contribution in [0.1, 0.15) is 39.5 Å². The predicted octanol–water partition coefficient (Wildman–Crippen LogP) is 3.79. The third-order valence-electron chi connectivity index (χ3n) is 4.67. The second-order valence-corrected chi connectivity index (χ2v) is 6.99. The molecule has 0 bridgehead atoms. The van der Waals surface area contributed by atoms with Gasteiger partial charge in [0, 0.05) is 29.9 Å². The number of hydrogen-bond donors (Lipinski definition) is 1. The summed E-state index contributed by atoms with van der Waals surface area (Å²) < 4.78 is 29.0. The van der Waals surface area contributed by atoms with E-state index in [-0.39, 0.29) is 11.3 Å². The molecule has 1 heterocycles. The number of hydrogen-bond acceptors (Lipinski definition) is 3. The van der Waals surface area contributed by atoms with Gasteiger partial charge >= 0.3 is 6.61 Å². The van der Waals surface area contributed by atoms with Crippen molar-refractivity contribution in [2.24, 2.45) is 0 Å². The van der Waals surface area contributed by atoms with E-state index in [1.165, 1.54) is 25.7 Å². The maximum Gasteiger partial charge on any atom is 0.387 e. The molecule has 0 amide bonds. The molecular formula is C17H24F2N2O. The Labute approximate surface area is 130 Å². The highest BCUT2D eigenvalue weighted by Gasteiger charge is 2.40. The Morgan fingerprint density at radius 1 is 1.18 bits per heavy atom. The summed E-state index contributed by atoms with van der Waals surface area (Å²) in [6.07, 6.45) is 4.92. The smallest absolute Gasteiger partial charge is 0.387 e. The first-order valence-electron chi connectivity index (χ1n) is 8.04. The Balaban J connectivity index is 1.81. The van der Waals surface area contributed by atoms with Crippen LogP contribution in [0, 0.1) is 0 Å². The third-order valence-corrected chi connectivity index (χ3v) is 4.67. The van der Waals surface area contributed by atoms with Gasteiger partial charge in [0.05, 0.1) is 0 Å². The zero-order valence-electron chi connectivity index (χ0n) is 13.2. The fourth-order valence-electron chi connectivity index (χ4n) is 3.85. The molecule has 22 heavy (non-hydrogen) atoms. The molecule has 0 unspecified atom stereocenters. The molecule has 2 aliphatic rings. The minimum Gasteiger partial charge on any atom is -0.435 e. The maximum atomic E-state index is 12.3. The van der Waals surface area contributed by atoms with Crippen LogP contribution in [0.4, 0.5) is 14.5 Å². The lowest BCUT2D eigenvalue weighted by Gasteiger charge is -2.52. The van der Waals surface area contributed by atoms with Gasteiger partial charge in [-0.15, -0.1) is 0 Å². The molecule has 1 aromatic carbocycles. The SMILES string of the molecule is CC1(C)CN(c2ccc(OC(F)F)cc2)[C@H]2CCCC[C@@H]2N1. The van der Waals surface area contributed by atoms with Crippen LogP contribution in [0.5, 0.6) is 5.75 Å². The number of piperazine rings is 1. The van der Waals surface area contributed by atoms with E-state index in [2.05, 4.69) is 28.8 Å². The van der Waals surface area contributed by atoms with Gasteiger partial charge in [-0.2, -0.15) is 8.78 Å². The van der Waals surface area contributed by atoms with Crippen LogP contribution in [0.25, 0.3) is 0 Å². The summed E-state index contributed by atoms with van der Waals surface area (Å²) in [5, 5.41) is 3.77. The number of alkyl halides is 2. The molecular weight excluding hydrogens is 286 g/mol. The highest BCUT2D eigenvalue weighted by atomic mass is 19.3. The molecule has 0 aromatic heterocycles. The van der Waals surface area contributed by atoms with Crippen molar-refractivity contribution < 1.29 is 13.5 Å². The molecule has 1 aliphatic carbocycles. The number of fused-ring (bicyclic) bond motifs is 1. The first-order valence-corrected chi connectivity index (χ1v) is 8.04. The molecule has 1 N–H and O–H groups in total. The van der Waals surface area contributed by atoms with Gasteiger partial charge in [0.25, 0.3) is 0 Å². The normalized spacial score (nSPS) is 27.6. The molecule has 5 heteroatoms. The van der Waals surface area contributed by atoms with Gasteiger partial charge in [0.2, 0.25) is 0 Å².